The van der Waals surface area contributed by atoms with E-state index >= 15 is 0 Å². The van der Waals surface area contributed by atoms with Crippen LogP contribution in [0.4, 0.5) is 0 Å². The standard InChI is InChI=1S/C25H35N5O2/c1-5-30-16-21(19(4)28-30)15-29-11-13-32-25(17-29)24-14-22(26-27-24)10-12-31-23-8-6-20(7-9-23)18(2)3/h6-9,14,16,18,25H,5,10-13,15,17H2,1-4H3,(H,26,27). The van der Waals surface area contributed by atoms with Crippen LogP contribution in [0.25, 0.3) is 0 Å². The zero-order chi connectivity index (χ0) is 22.5. The molecule has 1 aliphatic heterocycles. The molecule has 32 heavy (non-hydrogen) atoms. The number of ether oxygens (including phenoxy) is 2. The van der Waals surface area contributed by atoms with Crippen LogP contribution in [-0.2, 0) is 24.2 Å². The summed E-state index contributed by atoms with van der Waals surface area (Å²) in [6.07, 6.45) is 2.92. The van der Waals surface area contributed by atoms with Crippen LogP contribution in [0, 0.1) is 6.92 Å². The molecule has 1 atom stereocenters. The molecule has 7 heteroatoms. The van der Waals surface area contributed by atoms with Crippen LogP contribution in [0.15, 0.2) is 36.5 Å². The largest absolute Gasteiger partial charge is 0.493 e. The first kappa shape index (κ1) is 22.6. The molecule has 4 rings (SSSR count). The average Bonchev–Trinajstić information content (AvgIpc) is 3.41. The van der Waals surface area contributed by atoms with Gasteiger partial charge in [0.1, 0.15) is 11.9 Å². The Morgan fingerprint density at radius 1 is 1.25 bits per heavy atom. The van der Waals surface area contributed by atoms with Crippen molar-refractivity contribution in [3.8, 4) is 5.75 Å². The lowest BCUT2D eigenvalue weighted by Crippen LogP contribution is -2.38. The number of nitrogens with one attached hydrogen (secondary N) is 1. The van der Waals surface area contributed by atoms with Gasteiger partial charge in [0, 0.05) is 50.1 Å². The van der Waals surface area contributed by atoms with Gasteiger partial charge in [0.25, 0.3) is 0 Å². The summed E-state index contributed by atoms with van der Waals surface area (Å²) in [4.78, 5) is 2.43. The van der Waals surface area contributed by atoms with Gasteiger partial charge < -0.3 is 9.47 Å². The number of aromatic amines is 1. The van der Waals surface area contributed by atoms with E-state index in [-0.39, 0.29) is 6.10 Å². The molecule has 3 aromatic rings. The van der Waals surface area contributed by atoms with Crippen molar-refractivity contribution in [1.29, 1.82) is 0 Å². The Labute approximate surface area is 190 Å². The fourth-order valence-corrected chi connectivity index (χ4v) is 4.04. The zero-order valence-electron chi connectivity index (χ0n) is 19.7. The van der Waals surface area contributed by atoms with Crippen molar-refractivity contribution in [3.63, 3.8) is 0 Å². The molecule has 0 amide bonds. The SMILES string of the molecule is CCn1cc(CN2CCOC(c3cc(CCOc4ccc(C(C)C)cc4)[nH]n3)C2)c(C)n1. The molecule has 2 aromatic heterocycles. The minimum absolute atomic E-state index is 0.0141. The maximum Gasteiger partial charge on any atom is 0.119 e. The van der Waals surface area contributed by atoms with Gasteiger partial charge in [0.2, 0.25) is 0 Å². The Balaban J connectivity index is 1.28. The molecule has 3 heterocycles. The quantitative estimate of drug-likeness (QED) is 0.542. The van der Waals surface area contributed by atoms with Crippen LogP contribution in [0.5, 0.6) is 5.75 Å². The number of H-pyrrole nitrogens is 1. The Bertz CT molecular complexity index is 992. The molecular formula is C25H35N5O2. The molecule has 0 spiro atoms. The van der Waals surface area contributed by atoms with E-state index in [4.69, 9.17) is 9.47 Å². The highest BCUT2D eigenvalue weighted by Crippen LogP contribution is 2.23. The second-order valence-corrected chi connectivity index (χ2v) is 8.83. The number of benzene rings is 1. The summed E-state index contributed by atoms with van der Waals surface area (Å²) in [6, 6.07) is 10.5. The molecule has 172 valence electrons. The Morgan fingerprint density at radius 3 is 2.78 bits per heavy atom. The summed E-state index contributed by atoms with van der Waals surface area (Å²) in [5.41, 5.74) is 5.75. The molecule has 0 aliphatic carbocycles. The lowest BCUT2D eigenvalue weighted by atomic mass is 10.0. The molecule has 1 saturated heterocycles. The van der Waals surface area contributed by atoms with E-state index in [2.05, 4.69) is 72.3 Å². The number of nitrogens with zero attached hydrogens (tertiary/aromatic N) is 4. The highest BCUT2D eigenvalue weighted by atomic mass is 16.5. The first-order chi connectivity index (χ1) is 15.5. The summed E-state index contributed by atoms with van der Waals surface area (Å²) >= 11 is 0. The van der Waals surface area contributed by atoms with Gasteiger partial charge in [-0.1, -0.05) is 26.0 Å². The molecule has 1 aromatic carbocycles. The monoisotopic (exact) mass is 437 g/mol. The van der Waals surface area contributed by atoms with Gasteiger partial charge >= 0.3 is 0 Å². The molecule has 0 bridgehead atoms. The summed E-state index contributed by atoms with van der Waals surface area (Å²) in [5.74, 6) is 1.44. The molecule has 1 N–H and O–H groups in total. The van der Waals surface area contributed by atoms with Gasteiger partial charge in [-0.3, -0.25) is 14.7 Å². The van der Waals surface area contributed by atoms with Gasteiger partial charge in [-0.2, -0.15) is 10.2 Å². The highest BCUT2D eigenvalue weighted by molar-refractivity contribution is 5.29. The smallest absolute Gasteiger partial charge is 0.119 e. The first-order valence-electron chi connectivity index (χ1n) is 11.7. The van der Waals surface area contributed by atoms with E-state index < -0.39 is 0 Å². The molecular weight excluding hydrogens is 402 g/mol. The van der Waals surface area contributed by atoms with E-state index in [0.717, 1.165) is 55.4 Å². The van der Waals surface area contributed by atoms with E-state index in [1.807, 2.05) is 16.8 Å². The summed E-state index contributed by atoms with van der Waals surface area (Å²) in [7, 11) is 0. The van der Waals surface area contributed by atoms with E-state index in [1.54, 1.807) is 0 Å². The maximum absolute atomic E-state index is 6.03. The van der Waals surface area contributed by atoms with Crippen LogP contribution < -0.4 is 4.74 Å². The predicted octanol–water partition coefficient (Wildman–Crippen LogP) is 4.25. The summed E-state index contributed by atoms with van der Waals surface area (Å²) in [6.45, 7) is 13.5. The lowest BCUT2D eigenvalue weighted by Gasteiger charge is -2.31. The van der Waals surface area contributed by atoms with Crippen molar-refractivity contribution in [2.45, 2.75) is 59.2 Å². The van der Waals surface area contributed by atoms with E-state index in [1.165, 1.54) is 11.1 Å². The summed E-state index contributed by atoms with van der Waals surface area (Å²) < 4.78 is 13.9. The van der Waals surface area contributed by atoms with Crippen LogP contribution in [-0.4, -0.2) is 51.2 Å². The minimum Gasteiger partial charge on any atom is -0.493 e. The number of morpholine rings is 1. The molecule has 0 saturated carbocycles. The predicted molar refractivity (Wildman–Crippen MR) is 125 cm³/mol. The third kappa shape index (κ3) is 5.58. The lowest BCUT2D eigenvalue weighted by molar-refractivity contribution is -0.0350. The molecule has 1 aliphatic rings. The van der Waals surface area contributed by atoms with Crippen molar-refractivity contribution in [1.82, 2.24) is 24.9 Å². The Morgan fingerprint density at radius 2 is 2.06 bits per heavy atom. The second-order valence-electron chi connectivity index (χ2n) is 8.83. The molecule has 1 unspecified atom stereocenters. The van der Waals surface area contributed by atoms with E-state index in [0.29, 0.717) is 19.1 Å². The fraction of sp³-hybridized carbons (Fsp3) is 0.520. The van der Waals surface area contributed by atoms with E-state index in [9.17, 15) is 0 Å². The van der Waals surface area contributed by atoms with Gasteiger partial charge in [0.05, 0.1) is 24.6 Å². The zero-order valence-corrected chi connectivity index (χ0v) is 19.7. The molecule has 7 nitrogen and oxygen atoms in total. The third-order valence-electron chi connectivity index (χ3n) is 6.08. The van der Waals surface area contributed by atoms with Gasteiger partial charge in [-0.05, 0) is 43.5 Å². The summed E-state index contributed by atoms with van der Waals surface area (Å²) in [5, 5.41) is 12.2. The Kier molecular flexibility index (Phi) is 7.27. The minimum atomic E-state index is -0.0141. The molecule has 0 radical (unpaired) electrons. The number of aromatic nitrogens is 4. The Hall–Kier alpha value is -2.64. The topological polar surface area (TPSA) is 68.2 Å². The number of aryl methyl sites for hydroxylation is 2. The first-order valence-corrected chi connectivity index (χ1v) is 11.7. The van der Waals surface area contributed by atoms with Crippen molar-refractivity contribution in [2.24, 2.45) is 0 Å². The van der Waals surface area contributed by atoms with Gasteiger partial charge in [0.15, 0.2) is 0 Å². The normalized spacial score (nSPS) is 17.2. The van der Waals surface area contributed by atoms with Crippen LogP contribution >= 0.6 is 0 Å². The maximum atomic E-state index is 6.03. The van der Waals surface area contributed by atoms with Gasteiger partial charge in [-0.15, -0.1) is 0 Å². The van der Waals surface area contributed by atoms with Crippen molar-refractivity contribution in [3.05, 3.63) is 64.7 Å². The van der Waals surface area contributed by atoms with Crippen molar-refractivity contribution >= 4 is 0 Å². The fourth-order valence-electron chi connectivity index (χ4n) is 4.04. The number of hydrogen-bond acceptors (Lipinski definition) is 5. The van der Waals surface area contributed by atoms with Crippen LogP contribution in [0.1, 0.15) is 61.0 Å². The van der Waals surface area contributed by atoms with Crippen LogP contribution in [0.3, 0.4) is 0 Å². The highest BCUT2D eigenvalue weighted by Gasteiger charge is 2.25. The van der Waals surface area contributed by atoms with Crippen LogP contribution in [0.2, 0.25) is 0 Å². The van der Waals surface area contributed by atoms with Crippen molar-refractivity contribution < 1.29 is 9.47 Å². The second kappa shape index (κ2) is 10.3. The van der Waals surface area contributed by atoms with Crippen molar-refractivity contribution in [2.75, 3.05) is 26.3 Å². The average molecular weight is 438 g/mol. The third-order valence-corrected chi connectivity index (χ3v) is 6.08. The molecule has 1 fully saturated rings. The van der Waals surface area contributed by atoms with Gasteiger partial charge in [-0.25, -0.2) is 0 Å². The number of hydrogen-bond donors (Lipinski definition) is 1. The number of rotatable bonds is 9.